The minimum atomic E-state index is 0. The maximum Gasteiger partial charge on any atom is 0.191 e. The molecular weight excluding hydrogens is 489 g/mol. The lowest BCUT2D eigenvalue weighted by atomic mass is 10.1. The molecule has 2 N–H and O–H groups in total. The van der Waals surface area contributed by atoms with Crippen LogP contribution in [0.4, 0.5) is 0 Å². The lowest BCUT2D eigenvalue weighted by molar-refractivity contribution is 0.298. The van der Waals surface area contributed by atoms with Gasteiger partial charge in [-0.3, -0.25) is 4.99 Å². The number of benzene rings is 1. The van der Waals surface area contributed by atoms with Crippen molar-refractivity contribution in [3.05, 3.63) is 58.9 Å². The van der Waals surface area contributed by atoms with E-state index in [1.54, 1.807) is 26.4 Å². The van der Waals surface area contributed by atoms with E-state index in [2.05, 4.69) is 51.7 Å². The molecule has 1 atom stereocenters. The molecule has 0 saturated carbocycles. The van der Waals surface area contributed by atoms with Gasteiger partial charge in [-0.2, -0.15) is 0 Å². The fraction of sp³-hybridized carbons (Fsp3) is 0.400. The molecule has 0 aliphatic rings. The standard InChI is InChI=1S/C20H28ClN5O.HI/c1-22-20(23-12-11-15-5-10-19(21)24-13-15)25-14-18(26(2)3)16-6-8-17(27-4)9-7-16;/h5-10,13,18H,11-12,14H2,1-4H3,(H2,22,23,25);1H. The Morgan fingerprint density at radius 3 is 2.43 bits per heavy atom. The van der Waals surface area contributed by atoms with Crippen LogP contribution in [-0.4, -0.2) is 57.2 Å². The quantitative estimate of drug-likeness (QED) is 0.243. The van der Waals surface area contributed by atoms with Gasteiger partial charge in [0.2, 0.25) is 0 Å². The summed E-state index contributed by atoms with van der Waals surface area (Å²) in [6.07, 6.45) is 2.65. The average Bonchev–Trinajstić information content (AvgIpc) is 2.68. The van der Waals surface area contributed by atoms with Gasteiger partial charge in [-0.1, -0.05) is 29.8 Å². The van der Waals surface area contributed by atoms with Crippen LogP contribution in [0.25, 0.3) is 0 Å². The smallest absolute Gasteiger partial charge is 0.191 e. The molecule has 8 heteroatoms. The van der Waals surface area contributed by atoms with Crippen LogP contribution in [0, 0.1) is 0 Å². The van der Waals surface area contributed by atoms with Crippen molar-refractivity contribution < 1.29 is 4.74 Å². The van der Waals surface area contributed by atoms with Gasteiger partial charge in [0.05, 0.1) is 13.2 Å². The highest BCUT2D eigenvalue weighted by molar-refractivity contribution is 14.0. The minimum absolute atomic E-state index is 0. The molecule has 1 aromatic carbocycles. The highest BCUT2D eigenvalue weighted by Gasteiger charge is 2.14. The SMILES string of the molecule is CN=C(NCCc1ccc(Cl)nc1)NCC(c1ccc(OC)cc1)N(C)C.I. The zero-order chi connectivity index (χ0) is 19.6. The number of rotatable bonds is 8. The summed E-state index contributed by atoms with van der Waals surface area (Å²) in [7, 11) is 7.59. The number of hydrogen-bond donors (Lipinski definition) is 2. The van der Waals surface area contributed by atoms with E-state index in [-0.39, 0.29) is 30.0 Å². The van der Waals surface area contributed by atoms with Crippen molar-refractivity contribution in [1.82, 2.24) is 20.5 Å². The molecule has 0 radical (unpaired) electrons. The van der Waals surface area contributed by atoms with E-state index in [0.29, 0.717) is 5.15 Å². The first kappa shape index (κ1) is 24.5. The minimum Gasteiger partial charge on any atom is -0.497 e. The Labute approximate surface area is 189 Å². The third kappa shape index (κ3) is 7.81. The summed E-state index contributed by atoms with van der Waals surface area (Å²) in [6.45, 7) is 1.50. The second-order valence-electron chi connectivity index (χ2n) is 6.37. The molecule has 2 rings (SSSR count). The van der Waals surface area contributed by atoms with Crippen LogP contribution in [0.2, 0.25) is 5.15 Å². The summed E-state index contributed by atoms with van der Waals surface area (Å²) in [5, 5.41) is 7.25. The molecule has 0 aliphatic heterocycles. The number of halogens is 2. The Hall–Kier alpha value is -1.58. The highest BCUT2D eigenvalue weighted by Crippen LogP contribution is 2.20. The van der Waals surface area contributed by atoms with Crippen LogP contribution >= 0.6 is 35.6 Å². The van der Waals surface area contributed by atoms with Crippen LogP contribution in [0.1, 0.15) is 17.2 Å². The van der Waals surface area contributed by atoms with E-state index >= 15 is 0 Å². The summed E-state index contributed by atoms with van der Waals surface area (Å²) in [6, 6.07) is 12.2. The molecule has 0 aliphatic carbocycles. The fourth-order valence-electron chi connectivity index (χ4n) is 2.72. The summed E-state index contributed by atoms with van der Waals surface area (Å²) in [4.78, 5) is 10.6. The van der Waals surface area contributed by atoms with Crippen LogP contribution in [0.15, 0.2) is 47.6 Å². The van der Waals surface area contributed by atoms with Gasteiger partial charge in [0, 0.05) is 26.3 Å². The Morgan fingerprint density at radius 2 is 1.89 bits per heavy atom. The second kappa shape index (κ2) is 12.8. The summed E-state index contributed by atoms with van der Waals surface area (Å²) in [5.74, 6) is 1.63. The molecule has 6 nitrogen and oxygen atoms in total. The predicted molar refractivity (Wildman–Crippen MR) is 127 cm³/mol. The Balaban J connectivity index is 0.00000392. The van der Waals surface area contributed by atoms with E-state index in [0.717, 1.165) is 36.8 Å². The Bertz CT molecular complexity index is 722. The van der Waals surface area contributed by atoms with Crippen molar-refractivity contribution in [3.63, 3.8) is 0 Å². The molecule has 0 bridgehead atoms. The predicted octanol–water partition coefficient (Wildman–Crippen LogP) is 3.37. The van der Waals surface area contributed by atoms with Gasteiger partial charge >= 0.3 is 0 Å². The first-order valence-corrected chi connectivity index (χ1v) is 9.26. The normalized spacial score (nSPS) is 12.3. The molecule has 28 heavy (non-hydrogen) atoms. The summed E-state index contributed by atoms with van der Waals surface area (Å²) < 4.78 is 5.24. The van der Waals surface area contributed by atoms with Crippen molar-refractivity contribution in [1.29, 1.82) is 0 Å². The van der Waals surface area contributed by atoms with E-state index < -0.39 is 0 Å². The molecule has 0 fully saturated rings. The second-order valence-corrected chi connectivity index (χ2v) is 6.76. The van der Waals surface area contributed by atoms with Crippen molar-refractivity contribution in [2.24, 2.45) is 4.99 Å². The van der Waals surface area contributed by atoms with Gasteiger partial charge in [0.25, 0.3) is 0 Å². The van der Waals surface area contributed by atoms with Crippen LogP contribution in [0.5, 0.6) is 5.75 Å². The number of aliphatic imine (C=N–C) groups is 1. The third-order valence-corrected chi connectivity index (χ3v) is 4.53. The monoisotopic (exact) mass is 517 g/mol. The third-order valence-electron chi connectivity index (χ3n) is 4.31. The van der Waals surface area contributed by atoms with E-state index in [1.807, 2.05) is 18.2 Å². The number of ether oxygens (including phenoxy) is 1. The molecule has 2 aromatic rings. The van der Waals surface area contributed by atoms with Gasteiger partial charge in [0.1, 0.15) is 10.9 Å². The number of nitrogens with zero attached hydrogens (tertiary/aromatic N) is 3. The number of hydrogen-bond acceptors (Lipinski definition) is 4. The summed E-state index contributed by atoms with van der Waals surface area (Å²) >= 11 is 5.82. The topological polar surface area (TPSA) is 61.8 Å². The number of pyridine rings is 1. The molecule has 1 heterocycles. The van der Waals surface area contributed by atoms with E-state index in [9.17, 15) is 0 Å². The van der Waals surface area contributed by atoms with Crippen LogP contribution < -0.4 is 15.4 Å². The maximum atomic E-state index is 5.82. The fourth-order valence-corrected chi connectivity index (χ4v) is 2.83. The first-order valence-electron chi connectivity index (χ1n) is 8.88. The summed E-state index contributed by atoms with van der Waals surface area (Å²) in [5.41, 5.74) is 2.35. The maximum absolute atomic E-state index is 5.82. The number of aromatic nitrogens is 1. The van der Waals surface area contributed by atoms with Gasteiger partial charge in [-0.05, 0) is 49.8 Å². The molecule has 154 valence electrons. The average molecular weight is 518 g/mol. The van der Waals surface area contributed by atoms with Crippen molar-refractivity contribution in [2.75, 3.05) is 41.3 Å². The molecule has 0 spiro atoms. The van der Waals surface area contributed by atoms with Crippen molar-refractivity contribution in [2.45, 2.75) is 12.5 Å². The number of methoxy groups -OCH3 is 1. The van der Waals surface area contributed by atoms with E-state index in [4.69, 9.17) is 16.3 Å². The van der Waals surface area contributed by atoms with Crippen LogP contribution in [0.3, 0.4) is 0 Å². The zero-order valence-electron chi connectivity index (χ0n) is 16.8. The Kier molecular flexibility index (Phi) is 11.2. The molecule has 1 unspecified atom stereocenters. The molecule has 1 aromatic heterocycles. The van der Waals surface area contributed by atoms with Crippen molar-refractivity contribution in [3.8, 4) is 5.75 Å². The number of guanidine groups is 1. The lowest BCUT2D eigenvalue weighted by Gasteiger charge is -2.26. The largest absolute Gasteiger partial charge is 0.497 e. The lowest BCUT2D eigenvalue weighted by Crippen LogP contribution is -2.42. The number of nitrogens with one attached hydrogen (secondary N) is 2. The zero-order valence-corrected chi connectivity index (χ0v) is 19.9. The van der Waals surface area contributed by atoms with Crippen molar-refractivity contribution >= 4 is 41.5 Å². The number of likely N-dealkylation sites (N-methyl/N-ethyl adjacent to an activating group) is 1. The highest BCUT2D eigenvalue weighted by atomic mass is 127. The van der Waals surface area contributed by atoms with Crippen LogP contribution in [-0.2, 0) is 6.42 Å². The van der Waals surface area contributed by atoms with Gasteiger partial charge < -0.3 is 20.3 Å². The molecule has 0 amide bonds. The molecular formula is C20H29ClIN5O. The van der Waals surface area contributed by atoms with E-state index in [1.165, 1.54) is 5.56 Å². The van der Waals surface area contributed by atoms with Gasteiger partial charge in [0.15, 0.2) is 5.96 Å². The molecule has 0 saturated heterocycles. The van der Waals surface area contributed by atoms with Gasteiger partial charge in [-0.15, -0.1) is 24.0 Å². The Morgan fingerprint density at radius 1 is 1.18 bits per heavy atom. The first-order chi connectivity index (χ1) is 13.0. The van der Waals surface area contributed by atoms with Gasteiger partial charge in [-0.25, -0.2) is 4.98 Å².